The Kier molecular flexibility index (Phi) is 5.34. The van der Waals surface area contributed by atoms with E-state index in [1.54, 1.807) is 6.07 Å². The largest absolute Gasteiger partial charge is 0.480 e. The number of aryl methyl sites for hydroxylation is 1. The first kappa shape index (κ1) is 14.2. The molecule has 0 fully saturated rings. The summed E-state index contributed by atoms with van der Waals surface area (Å²) in [6.45, 7) is 5.39. The van der Waals surface area contributed by atoms with Gasteiger partial charge in [-0.25, -0.2) is 0 Å². The summed E-state index contributed by atoms with van der Waals surface area (Å²) < 4.78 is 0. The zero-order valence-corrected chi connectivity index (χ0v) is 10.8. The molecule has 0 aromatic heterocycles. The van der Waals surface area contributed by atoms with E-state index in [0.717, 1.165) is 24.1 Å². The third-order valence-electron chi connectivity index (χ3n) is 2.76. The van der Waals surface area contributed by atoms with E-state index >= 15 is 0 Å². The molecule has 0 spiro atoms. The van der Waals surface area contributed by atoms with Crippen LogP contribution >= 0.6 is 0 Å². The van der Waals surface area contributed by atoms with E-state index in [9.17, 15) is 4.79 Å². The second-order valence-corrected chi connectivity index (χ2v) is 4.36. The number of aliphatic carboxylic acids is 1. The van der Waals surface area contributed by atoms with Gasteiger partial charge in [0.05, 0.1) is 18.2 Å². The Bertz CT molecular complexity index is 463. The molecular formula is C14H18N2O2. The molecule has 4 nitrogen and oxygen atoms in total. The molecule has 0 unspecified atom stereocenters. The predicted molar refractivity (Wildman–Crippen MR) is 69.1 cm³/mol. The number of rotatable bonds is 6. The van der Waals surface area contributed by atoms with Gasteiger partial charge in [-0.15, -0.1) is 0 Å². The van der Waals surface area contributed by atoms with Crippen LogP contribution in [-0.2, 0) is 11.3 Å². The van der Waals surface area contributed by atoms with Crippen LogP contribution in [0.2, 0.25) is 0 Å². The molecule has 18 heavy (non-hydrogen) atoms. The highest BCUT2D eigenvalue weighted by Crippen LogP contribution is 2.13. The van der Waals surface area contributed by atoms with Crippen molar-refractivity contribution in [1.82, 2.24) is 4.90 Å². The van der Waals surface area contributed by atoms with Crippen LogP contribution in [0.4, 0.5) is 0 Å². The first-order valence-electron chi connectivity index (χ1n) is 6.00. The van der Waals surface area contributed by atoms with Crippen molar-refractivity contribution in [2.75, 3.05) is 13.1 Å². The van der Waals surface area contributed by atoms with Gasteiger partial charge in [-0.1, -0.05) is 13.0 Å². The van der Waals surface area contributed by atoms with Crippen LogP contribution in [0.15, 0.2) is 18.2 Å². The zero-order chi connectivity index (χ0) is 13.5. The van der Waals surface area contributed by atoms with Crippen molar-refractivity contribution < 1.29 is 9.90 Å². The minimum Gasteiger partial charge on any atom is -0.480 e. The molecule has 0 aliphatic heterocycles. The van der Waals surface area contributed by atoms with Gasteiger partial charge in [0.25, 0.3) is 0 Å². The van der Waals surface area contributed by atoms with Crippen molar-refractivity contribution in [3.8, 4) is 6.07 Å². The van der Waals surface area contributed by atoms with Gasteiger partial charge < -0.3 is 5.11 Å². The summed E-state index contributed by atoms with van der Waals surface area (Å²) in [5, 5.41) is 17.7. The molecular weight excluding hydrogens is 228 g/mol. The second kappa shape index (κ2) is 6.77. The van der Waals surface area contributed by atoms with Gasteiger partial charge in [-0.05, 0) is 43.1 Å². The van der Waals surface area contributed by atoms with Crippen LogP contribution in [0.5, 0.6) is 0 Å². The van der Waals surface area contributed by atoms with Gasteiger partial charge in [0, 0.05) is 6.54 Å². The van der Waals surface area contributed by atoms with Gasteiger partial charge >= 0.3 is 5.97 Å². The molecule has 0 aliphatic rings. The van der Waals surface area contributed by atoms with Crippen LogP contribution in [0, 0.1) is 18.3 Å². The highest BCUT2D eigenvalue weighted by Gasteiger charge is 2.10. The van der Waals surface area contributed by atoms with Crippen LogP contribution < -0.4 is 0 Å². The van der Waals surface area contributed by atoms with Crippen molar-refractivity contribution in [2.45, 2.75) is 26.8 Å². The lowest BCUT2D eigenvalue weighted by molar-refractivity contribution is -0.138. The zero-order valence-electron chi connectivity index (χ0n) is 10.8. The Balaban J connectivity index is 2.80. The summed E-state index contributed by atoms with van der Waals surface area (Å²) in [4.78, 5) is 12.7. The van der Waals surface area contributed by atoms with Crippen molar-refractivity contribution in [1.29, 1.82) is 5.26 Å². The topological polar surface area (TPSA) is 64.3 Å². The van der Waals surface area contributed by atoms with Crippen LogP contribution in [0.1, 0.15) is 30.0 Å². The number of carboxylic acids is 1. The Morgan fingerprint density at radius 2 is 2.22 bits per heavy atom. The van der Waals surface area contributed by atoms with Crippen LogP contribution in [0.25, 0.3) is 0 Å². The molecule has 1 rings (SSSR count). The fourth-order valence-corrected chi connectivity index (χ4v) is 1.91. The first-order valence-corrected chi connectivity index (χ1v) is 6.00. The summed E-state index contributed by atoms with van der Waals surface area (Å²) in [6.07, 6.45) is 0.919. The number of carboxylic acid groups (broad SMARTS) is 1. The molecule has 4 heteroatoms. The van der Waals surface area contributed by atoms with Crippen molar-refractivity contribution in [2.24, 2.45) is 0 Å². The summed E-state index contributed by atoms with van der Waals surface area (Å²) in [5.74, 6) is -0.810. The lowest BCUT2D eigenvalue weighted by Gasteiger charge is -2.20. The summed E-state index contributed by atoms with van der Waals surface area (Å²) in [6, 6.07) is 7.60. The number of benzene rings is 1. The maximum absolute atomic E-state index is 10.8. The van der Waals surface area contributed by atoms with E-state index in [2.05, 4.69) is 6.07 Å². The molecule has 0 bridgehead atoms. The van der Waals surface area contributed by atoms with Gasteiger partial charge in [0.2, 0.25) is 0 Å². The lowest BCUT2D eigenvalue weighted by atomic mass is 10.1. The van der Waals surface area contributed by atoms with Gasteiger partial charge in [0.1, 0.15) is 0 Å². The summed E-state index contributed by atoms with van der Waals surface area (Å²) >= 11 is 0. The normalized spacial score (nSPS) is 10.3. The molecule has 0 atom stereocenters. The molecule has 96 valence electrons. The van der Waals surface area contributed by atoms with Crippen LogP contribution in [-0.4, -0.2) is 29.1 Å². The van der Waals surface area contributed by atoms with Crippen molar-refractivity contribution in [3.05, 3.63) is 34.9 Å². The highest BCUT2D eigenvalue weighted by atomic mass is 16.4. The van der Waals surface area contributed by atoms with E-state index < -0.39 is 5.97 Å². The Morgan fingerprint density at radius 1 is 1.50 bits per heavy atom. The standard InChI is InChI=1S/C14H18N2O2/c1-3-6-16(10-14(17)18)9-13-5-4-12(8-15)7-11(13)2/h4-5,7H,3,6,9-10H2,1-2H3,(H,17,18). The maximum atomic E-state index is 10.8. The molecule has 1 N–H and O–H groups in total. The Labute approximate surface area is 107 Å². The average Bonchev–Trinajstić information content (AvgIpc) is 2.31. The smallest absolute Gasteiger partial charge is 0.317 e. The SMILES string of the molecule is CCCN(CC(=O)O)Cc1ccc(C#N)cc1C. The molecule has 0 saturated heterocycles. The Hall–Kier alpha value is -1.86. The number of nitrogens with zero attached hydrogens (tertiary/aromatic N) is 2. The minimum atomic E-state index is -0.810. The highest BCUT2D eigenvalue weighted by molar-refractivity contribution is 5.69. The molecule has 0 aliphatic carbocycles. The third-order valence-corrected chi connectivity index (χ3v) is 2.76. The molecule has 0 saturated carbocycles. The van der Waals surface area contributed by atoms with E-state index in [1.807, 2.05) is 30.9 Å². The number of nitriles is 1. The molecule has 0 radical (unpaired) electrons. The summed E-state index contributed by atoms with van der Waals surface area (Å²) in [7, 11) is 0. The number of hydrogen-bond acceptors (Lipinski definition) is 3. The summed E-state index contributed by atoms with van der Waals surface area (Å²) in [5.41, 5.74) is 2.74. The molecule has 1 aromatic carbocycles. The Morgan fingerprint density at radius 3 is 2.72 bits per heavy atom. The monoisotopic (exact) mass is 246 g/mol. The minimum absolute atomic E-state index is 0.0489. The molecule has 0 amide bonds. The van der Waals surface area contributed by atoms with Gasteiger partial charge in [-0.3, -0.25) is 9.69 Å². The van der Waals surface area contributed by atoms with E-state index in [1.165, 1.54) is 0 Å². The predicted octanol–water partition coefficient (Wildman–Crippen LogP) is 2.16. The number of hydrogen-bond donors (Lipinski definition) is 1. The van der Waals surface area contributed by atoms with E-state index in [-0.39, 0.29) is 6.54 Å². The maximum Gasteiger partial charge on any atom is 0.317 e. The average molecular weight is 246 g/mol. The molecule has 1 aromatic rings. The van der Waals surface area contributed by atoms with Crippen molar-refractivity contribution >= 4 is 5.97 Å². The van der Waals surface area contributed by atoms with Gasteiger partial charge in [0.15, 0.2) is 0 Å². The fourth-order valence-electron chi connectivity index (χ4n) is 1.91. The molecule has 0 heterocycles. The van der Waals surface area contributed by atoms with Gasteiger partial charge in [-0.2, -0.15) is 5.26 Å². The second-order valence-electron chi connectivity index (χ2n) is 4.36. The fraction of sp³-hybridized carbons (Fsp3) is 0.429. The quantitative estimate of drug-likeness (QED) is 0.835. The first-order chi connectivity index (χ1) is 8.56. The van der Waals surface area contributed by atoms with Crippen molar-refractivity contribution in [3.63, 3.8) is 0 Å². The van der Waals surface area contributed by atoms with E-state index in [0.29, 0.717) is 12.1 Å². The lowest BCUT2D eigenvalue weighted by Crippen LogP contribution is -2.30. The van der Waals surface area contributed by atoms with E-state index in [4.69, 9.17) is 10.4 Å². The number of carbonyl (C=O) groups is 1. The third kappa shape index (κ3) is 4.19. The van der Waals surface area contributed by atoms with Crippen LogP contribution in [0.3, 0.4) is 0 Å².